The zero-order chi connectivity index (χ0) is 13.1. The van der Waals surface area contributed by atoms with Gasteiger partial charge in [-0.05, 0) is 11.6 Å². The van der Waals surface area contributed by atoms with Gasteiger partial charge >= 0.3 is 0 Å². The number of benzene rings is 1. The Kier molecular flexibility index (Phi) is 3.31. The molecule has 0 amide bonds. The topological polar surface area (TPSA) is 64.7 Å². The average molecular weight is 268 g/mol. The van der Waals surface area contributed by atoms with Crippen molar-refractivity contribution in [3.8, 4) is 21.3 Å². The molecule has 0 bridgehead atoms. The van der Waals surface area contributed by atoms with Gasteiger partial charge in [0.1, 0.15) is 0 Å². The third-order valence-corrected chi connectivity index (χ3v) is 3.83. The van der Waals surface area contributed by atoms with Gasteiger partial charge in [-0.1, -0.05) is 30.3 Å². The van der Waals surface area contributed by atoms with Gasteiger partial charge in [0.15, 0.2) is 10.8 Å². The fourth-order valence-corrected chi connectivity index (χ4v) is 2.86. The molecule has 0 aliphatic carbocycles. The van der Waals surface area contributed by atoms with Crippen LogP contribution >= 0.6 is 11.3 Å². The van der Waals surface area contributed by atoms with Crippen molar-refractivity contribution in [2.24, 2.45) is 5.73 Å². The van der Waals surface area contributed by atoms with Crippen LogP contribution in [0.1, 0.15) is 5.69 Å². The van der Waals surface area contributed by atoms with Crippen molar-refractivity contribution in [3.05, 3.63) is 54.5 Å². The monoisotopic (exact) mass is 268 g/mol. The maximum atomic E-state index is 5.78. The zero-order valence-electron chi connectivity index (χ0n) is 10.2. The normalized spacial score (nSPS) is 10.6. The Morgan fingerprint density at radius 3 is 2.42 bits per heavy atom. The van der Waals surface area contributed by atoms with E-state index in [1.54, 1.807) is 29.8 Å². The molecule has 94 valence electrons. The van der Waals surface area contributed by atoms with Crippen LogP contribution in [0.2, 0.25) is 0 Å². The standard InChI is InChI=1S/C14H12N4S/c15-9-11-12(10-5-2-1-3-6-10)19-14(18-11)13-16-7-4-8-17-13/h1-8H,9,15H2. The molecule has 1 aromatic carbocycles. The number of rotatable bonds is 3. The predicted octanol–water partition coefficient (Wildman–Crippen LogP) is 2.73. The van der Waals surface area contributed by atoms with Gasteiger partial charge in [-0.2, -0.15) is 0 Å². The first-order chi connectivity index (χ1) is 9.38. The van der Waals surface area contributed by atoms with Gasteiger partial charge in [-0.15, -0.1) is 11.3 Å². The number of nitrogens with two attached hydrogens (primary N) is 1. The first-order valence-corrected chi connectivity index (χ1v) is 6.72. The highest BCUT2D eigenvalue weighted by atomic mass is 32.1. The van der Waals surface area contributed by atoms with Crippen LogP contribution in [0.3, 0.4) is 0 Å². The third kappa shape index (κ3) is 2.38. The highest BCUT2D eigenvalue weighted by Crippen LogP contribution is 2.33. The minimum absolute atomic E-state index is 0.410. The molecule has 0 aliphatic rings. The molecule has 4 nitrogen and oxygen atoms in total. The van der Waals surface area contributed by atoms with Crippen LogP contribution in [0.4, 0.5) is 0 Å². The lowest BCUT2D eigenvalue weighted by molar-refractivity contribution is 1.01. The Morgan fingerprint density at radius 2 is 1.74 bits per heavy atom. The van der Waals surface area contributed by atoms with Gasteiger partial charge in [-0.25, -0.2) is 15.0 Å². The second-order valence-corrected chi connectivity index (χ2v) is 4.94. The van der Waals surface area contributed by atoms with Gasteiger partial charge in [-0.3, -0.25) is 0 Å². The fraction of sp³-hybridized carbons (Fsp3) is 0.0714. The second kappa shape index (κ2) is 5.26. The molecule has 19 heavy (non-hydrogen) atoms. The van der Waals surface area contributed by atoms with Crippen LogP contribution in [0.15, 0.2) is 48.8 Å². The Bertz CT molecular complexity index is 664. The number of nitrogens with zero attached hydrogens (tertiary/aromatic N) is 3. The minimum atomic E-state index is 0.410. The van der Waals surface area contributed by atoms with Crippen molar-refractivity contribution in [3.63, 3.8) is 0 Å². The molecular weight excluding hydrogens is 256 g/mol. The zero-order valence-corrected chi connectivity index (χ0v) is 11.0. The smallest absolute Gasteiger partial charge is 0.188 e. The predicted molar refractivity (Wildman–Crippen MR) is 76.5 cm³/mol. The lowest BCUT2D eigenvalue weighted by Crippen LogP contribution is -1.98. The van der Waals surface area contributed by atoms with Gasteiger partial charge < -0.3 is 5.73 Å². The third-order valence-electron chi connectivity index (χ3n) is 2.68. The average Bonchev–Trinajstić information content (AvgIpc) is 2.93. The van der Waals surface area contributed by atoms with Crippen molar-refractivity contribution >= 4 is 11.3 Å². The molecule has 0 atom stereocenters. The summed E-state index contributed by atoms with van der Waals surface area (Å²) in [7, 11) is 0. The first kappa shape index (κ1) is 12.0. The van der Waals surface area contributed by atoms with Crippen molar-refractivity contribution in [2.75, 3.05) is 0 Å². The van der Waals surface area contributed by atoms with Crippen LogP contribution < -0.4 is 5.73 Å². The summed E-state index contributed by atoms with van der Waals surface area (Å²) in [6.07, 6.45) is 3.43. The van der Waals surface area contributed by atoms with E-state index in [2.05, 4.69) is 27.1 Å². The van der Waals surface area contributed by atoms with E-state index < -0.39 is 0 Å². The van der Waals surface area contributed by atoms with E-state index in [9.17, 15) is 0 Å². The summed E-state index contributed by atoms with van der Waals surface area (Å²) in [5.41, 5.74) is 7.80. The van der Waals surface area contributed by atoms with Crippen molar-refractivity contribution in [1.82, 2.24) is 15.0 Å². The number of thiazole rings is 1. The van der Waals surface area contributed by atoms with E-state index in [1.807, 2.05) is 18.2 Å². The summed E-state index contributed by atoms with van der Waals surface area (Å²) >= 11 is 1.57. The Hall–Kier alpha value is -2.11. The molecule has 3 rings (SSSR count). The van der Waals surface area contributed by atoms with Gasteiger partial charge in [0, 0.05) is 18.9 Å². The highest BCUT2D eigenvalue weighted by molar-refractivity contribution is 7.18. The summed E-state index contributed by atoms with van der Waals surface area (Å²) in [5.74, 6) is 0.643. The van der Waals surface area contributed by atoms with E-state index in [1.165, 1.54) is 0 Å². The maximum absolute atomic E-state index is 5.78. The SMILES string of the molecule is NCc1nc(-c2ncccn2)sc1-c1ccccc1. The Balaban J connectivity index is 2.09. The summed E-state index contributed by atoms with van der Waals surface area (Å²) in [6, 6.07) is 11.9. The van der Waals surface area contributed by atoms with Crippen molar-refractivity contribution in [1.29, 1.82) is 0 Å². The molecule has 0 unspecified atom stereocenters. The molecule has 3 aromatic rings. The van der Waals surface area contributed by atoms with E-state index in [0.29, 0.717) is 12.4 Å². The Morgan fingerprint density at radius 1 is 1.00 bits per heavy atom. The van der Waals surface area contributed by atoms with Gasteiger partial charge in [0.25, 0.3) is 0 Å². The van der Waals surface area contributed by atoms with Crippen LogP contribution in [-0.2, 0) is 6.54 Å². The van der Waals surface area contributed by atoms with E-state index in [-0.39, 0.29) is 0 Å². The lowest BCUT2D eigenvalue weighted by atomic mass is 10.1. The second-order valence-electron chi connectivity index (χ2n) is 3.94. The molecule has 0 fully saturated rings. The summed E-state index contributed by atoms with van der Waals surface area (Å²) in [6.45, 7) is 0.410. The number of hydrogen-bond donors (Lipinski definition) is 1. The molecule has 0 radical (unpaired) electrons. The largest absolute Gasteiger partial charge is 0.325 e. The van der Waals surface area contributed by atoms with Crippen molar-refractivity contribution in [2.45, 2.75) is 6.54 Å². The van der Waals surface area contributed by atoms with Crippen LogP contribution in [0, 0.1) is 0 Å². The summed E-state index contributed by atoms with van der Waals surface area (Å²) in [5, 5.41) is 0.805. The molecule has 5 heteroatoms. The van der Waals surface area contributed by atoms with Crippen LogP contribution in [-0.4, -0.2) is 15.0 Å². The quantitative estimate of drug-likeness (QED) is 0.793. The van der Waals surface area contributed by atoms with Crippen molar-refractivity contribution < 1.29 is 0 Å². The fourth-order valence-electron chi connectivity index (χ4n) is 1.81. The molecule has 0 spiro atoms. The van der Waals surface area contributed by atoms with Crippen LogP contribution in [0.5, 0.6) is 0 Å². The number of aromatic nitrogens is 3. The van der Waals surface area contributed by atoms with Gasteiger partial charge in [0.2, 0.25) is 0 Å². The molecule has 0 saturated heterocycles. The highest BCUT2D eigenvalue weighted by Gasteiger charge is 2.14. The van der Waals surface area contributed by atoms with Gasteiger partial charge in [0.05, 0.1) is 10.6 Å². The molecule has 2 heterocycles. The van der Waals surface area contributed by atoms with E-state index >= 15 is 0 Å². The lowest BCUT2D eigenvalue weighted by Gasteiger charge is -1.98. The van der Waals surface area contributed by atoms with E-state index in [0.717, 1.165) is 21.1 Å². The molecular formula is C14H12N4S. The first-order valence-electron chi connectivity index (χ1n) is 5.91. The summed E-state index contributed by atoms with van der Waals surface area (Å²) in [4.78, 5) is 14.1. The molecule has 0 saturated carbocycles. The minimum Gasteiger partial charge on any atom is -0.325 e. The molecule has 2 N–H and O–H groups in total. The van der Waals surface area contributed by atoms with E-state index in [4.69, 9.17) is 5.73 Å². The Labute approximate surface area is 115 Å². The molecule has 0 aliphatic heterocycles. The summed E-state index contributed by atoms with van der Waals surface area (Å²) < 4.78 is 0. The number of hydrogen-bond acceptors (Lipinski definition) is 5. The maximum Gasteiger partial charge on any atom is 0.188 e. The molecule has 2 aromatic heterocycles. The van der Waals surface area contributed by atoms with Crippen LogP contribution in [0.25, 0.3) is 21.3 Å².